The summed E-state index contributed by atoms with van der Waals surface area (Å²) in [6.07, 6.45) is 0. The lowest BCUT2D eigenvalue weighted by Crippen LogP contribution is -2.15. The third-order valence-corrected chi connectivity index (χ3v) is 2.60. The van der Waals surface area contributed by atoms with E-state index in [0.29, 0.717) is 6.73 Å². The standard InChI is InChI=1S/C12H15N2O2/c1-8-4-9(2)12(10(3)5-8)14-7-16-11(6-15)13-14/h4-5H,6-7H2,1-3H3. The first-order valence-electron chi connectivity index (χ1n) is 5.25. The van der Waals surface area contributed by atoms with Crippen LogP contribution in [-0.4, -0.2) is 19.2 Å². The maximum atomic E-state index is 10.7. The average Bonchev–Trinajstić information content (AvgIpc) is 2.64. The summed E-state index contributed by atoms with van der Waals surface area (Å²) in [5.41, 5.74) is 4.56. The molecule has 1 aliphatic rings. The highest BCUT2D eigenvalue weighted by Gasteiger charge is 2.19. The Morgan fingerprint density at radius 1 is 1.31 bits per heavy atom. The molecule has 0 saturated heterocycles. The lowest BCUT2D eigenvalue weighted by molar-refractivity contribution is 0.211. The second-order valence-electron chi connectivity index (χ2n) is 4.06. The highest BCUT2D eigenvalue weighted by Crippen LogP contribution is 2.28. The number of hydrazone groups is 1. The highest BCUT2D eigenvalue weighted by molar-refractivity contribution is 5.80. The van der Waals surface area contributed by atoms with Crippen LogP contribution >= 0.6 is 0 Å². The Kier molecular flexibility index (Phi) is 2.83. The van der Waals surface area contributed by atoms with Gasteiger partial charge in [0.05, 0.1) is 5.69 Å². The van der Waals surface area contributed by atoms with Crippen LogP contribution in [0.5, 0.6) is 0 Å². The smallest absolute Gasteiger partial charge is 0.238 e. The van der Waals surface area contributed by atoms with E-state index in [1.165, 1.54) is 5.56 Å². The number of rotatable bonds is 2. The lowest BCUT2D eigenvalue weighted by Gasteiger charge is -2.17. The Morgan fingerprint density at radius 3 is 2.44 bits per heavy atom. The number of aryl methyl sites for hydroxylation is 3. The third kappa shape index (κ3) is 1.88. The van der Waals surface area contributed by atoms with E-state index in [2.05, 4.69) is 24.2 Å². The van der Waals surface area contributed by atoms with E-state index in [0.717, 1.165) is 16.8 Å². The van der Waals surface area contributed by atoms with Crippen molar-refractivity contribution in [1.82, 2.24) is 0 Å². The maximum absolute atomic E-state index is 10.7. The maximum Gasteiger partial charge on any atom is 0.238 e. The van der Waals surface area contributed by atoms with Gasteiger partial charge in [-0.1, -0.05) is 17.7 Å². The topological polar surface area (TPSA) is 44.7 Å². The first-order valence-corrected chi connectivity index (χ1v) is 5.25. The molecule has 0 fully saturated rings. The molecule has 0 atom stereocenters. The summed E-state index contributed by atoms with van der Waals surface area (Å²) in [5.74, 6) is 0.263. The Hall–Kier alpha value is -1.55. The minimum Gasteiger partial charge on any atom is -0.455 e. The molecule has 1 heterocycles. The molecule has 16 heavy (non-hydrogen) atoms. The summed E-state index contributed by atoms with van der Waals surface area (Å²) in [6.45, 7) is 6.08. The van der Waals surface area contributed by atoms with Crippen molar-refractivity contribution in [1.29, 1.82) is 0 Å². The number of anilines is 1. The molecule has 0 amide bonds. The molecule has 0 bridgehead atoms. The molecule has 0 N–H and O–H groups in total. The van der Waals surface area contributed by atoms with Crippen molar-refractivity contribution in [2.75, 3.05) is 18.3 Å². The van der Waals surface area contributed by atoms with Crippen molar-refractivity contribution in [3.05, 3.63) is 28.8 Å². The van der Waals surface area contributed by atoms with Gasteiger partial charge in [-0.15, -0.1) is 5.10 Å². The number of ether oxygens (including phenoxy) is 1. The van der Waals surface area contributed by atoms with Gasteiger partial charge in [0.1, 0.15) is 0 Å². The average molecular weight is 219 g/mol. The van der Waals surface area contributed by atoms with Crippen LogP contribution in [0.3, 0.4) is 0 Å². The van der Waals surface area contributed by atoms with Gasteiger partial charge in [0, 0.05) is 0 Å². The fourth-order valence-electron chi connectivity index (χ4n) is 2.09. The summed E-state index contributed by atoms with van der Waals surface area (Å²) < 4.78 is 5.17. The van der Waals surface area contributed by atoms with Gasteiger partial charge < -0.3 is 4.74 Å². The highest BCUT2D eigenvalue weighted by atomic mass is 16.5. The molecule has 85 valence electrons. The van der Waals surface area contributed by atoms with E-state index in [1.807, 2.05) is 13.8 Å². The quantitative estimate of drug-likeness (QED) is 0.765. The molecule has 4 heteroatoms. The Labute approximate surface area is 95.1 Å². The van der Waals surface area contributed by atoms with Crippen LogP contribution in [-0.2, 0) is 9.84 Å². The summed E-state index contributed by atoms with van der Waals surface area (Å²) in [6, 6.07) is 4.21. The third-order valence-electron chi connectivity index (χ3n) is 2.60. The minimum atomic E-state index is -0.402. The van der Waals surface area contributed by atoms with Crippen molar-refractivity contribution < 1.29 is 9.84 Å². The van der Waals surface area contributed by atoms with Crippen LogP contribution in [0.1, 0.15) is 16.7 Å². The number of nitrogens with zero attached hydrogens (tertiary/aromatic N) is 2. The predicted octanol–water partition coefficient (Wildman–Crippen LogP) is 2.15. The molecule has 0 saturated carbocycles. The monoisotopic (exact) mass is 219 g/mol. The first-order chi connectivity index (χ1) is 7.61. The van der Waals surface area contributed by atoms with Gasteiger partial charge in [-0.3, -0.25) is 0 Å². The van der Waals surface area contributed by atoms with Crippen LogP contribution in [0.25, 0.3) is 0 Å². The molecule has 2 rings (SSSR count). The van der Waals surface area contributed by atoms with Gasteiger partial charge in [-0.25, -0.2) is 10.1 Å². The van der Waals surface area contributed by atoms with Crippen molar-refractivity contribution in [3.8, 4) is 0 Å². The van der Waals surface area contributed by atoms with Crippen LogP contribution in [0.15, 0.2) is 17.2 Å². The van der Waals surface area contributed by atoms with Gasteiger partial charge in [0.2, 0.25) is 5.90 Å². The lowest BCUT2D eigenvalue weighted by atomic mass is 10.1. The fraction of sp³-hybridized carbons (Fsp3) is 0.417. The molecule has 1 aliphatic heterocycles. The molecule has 1 aromatic carbocycles. The molecule has 1 aromatic rings. The SMILES string of the molecule is Cc1cc(C)c(N2COC(C[O])=N2)c(C)c1. The molecule has 0 unspecified atom stereocenters. The van der Waals surface area contributed by atoms with Gasteiger partial charge in [-0.05, 0) is 31.9 Å². The van der Waals surface area contributed by atoms with Crippen LogP contribution in [0, 0.1) is 20.8 Å². The van der Waals surface area contributed by atoms with E-state index in [9.17, 15) is 5.11 Å². The predicted molar refractivity (Wildman–Crippen MR) is 62.1 cm³/mol. The second-order valence-corrected chi connectivity index (χ2v) is 4.06. The Morgan fingerprint density at radius 2 is 1.94 bits per heavy atom. The van der Waals surface area contributed by atoms with E-state index in [1.54, 1.807) is 5.01 Å². The zero-order valence-electron chi connectivity index (χ0n) is 9.78. The molecule has 1 radical (unpaired) electrons. The summed E-state index contributed by atoms with van der Waals surface area (Å²) in [7, 11) is 0. The first kappa shape index (κ1) is 11.0. The molecule has 0 aliphatic carbocycles. The van der Waals surface area contributed by atoms with Crippen molar-refractivity contribution in [3.63, 3.8) is 0 Å². The normalized spacial score (nSPS) is 15.0. The second kappa shape index (κ2) is 4.14. The Bertz CT molecular complexity index is 418. The van der Waals surface area contributed by atoms with Gasteiger partial charge >= 0.3 is 0 Å². The molecular formula is C12H15N2O2. The number of hydrogen-bond acceptors (Lipinski definition) is 3. The van der Waals surface area contributed by atoms with E-state index in [-0.39, 0.29) is 5.90 Å². The summed E-state index contributed by atoms with van der Waals surface area (Å²) in [5, 5.41) is 16.5. The summed E-state index contributed by atoms with van der Waals surface area (Å²) >= 11 is 0. The van der Waals surface area contributed by atoms with Crippen LogP contribution in [0.4, 0.5) is 5.69 Å². The Balaban J connectivity index is 2.38. The molecular weight excluding hydrogens is 204 g/mol. The van der Waals surface area contributed by atoms with Crippen LogP contribution < -0.4 is 5.01 Å². The molecule has 4 nitrogen and oxygen atoms in total. The number of hydrogen-bond donors (Lipinski definition) is 0. The molecule has 0 aromatic heterocycles. The number of benzene rings is 1. The van der Waals surface area contributed by atoms with Gasteiger partial charge in [-0.2, -0.15) is 0 Å². The zero-order chi connectivity index (χ0) is 11.7. The van der Waals surface area contributed by atoms with Crippen molar-refractivity contribution in [2.45, 2.75) is 20.8 Å². The van der Waals surface area contributed by atoms with Crippen LogP contribution in [0.2, 0.25) is 0 Å². The van der Waals surface area contributed by atoms with Gasteiger partial charge in [0.15, 0.2) is 13.3 Å². The minimum absolute atomic E-state index is 0.263. The van der Waals surface area contributed by atoms with Gasteiger partial charge in [0.25, 0.3) is 0 Å². The largest absolute Gasteiger partial charge is 0.455 e. The van der Waals surface area contributed by atoms with E-state index >= 15 is 0 Å². The van der Waals surface area contributed by atoms with E-state index in [4.69, 9.17) is 4.74 Å². The fourth-order valence-corrected chi connectivity index (χ4v) is 2.09. The van der Waals surface area contributed by atoms with E-state index < -0.39 is 6.61 Å². The van der Waals surface area contributed by atoms with Crippen molar-refractivity contribution in [2.24, 2.45) is 5.10 Å². The zero-order valence-corrected chi connectivity index (χ0v) is 9.78. The molecule has 0 spiro atoms. The van der Waals surface area contributed by atoms with Crippen molar-refractivity contribution >= 4 is 11.6 Å². The summed E-state index contributed by atoms with van der Waals surface area (Å²) in [4.78, 5) is 0.